The fourth-order valence-corrected chi connectivity index (χ4v) is 3.05. The Hall–Kier alpha value is -1.26. The number of fused-ring (bicyclic) bond motifs is 1. The molecule has 0 radical (unpaired) electrons. The van der Waals surface area contributed by atoms with E-state index in [1.807, 2.05) is 12.1 Å². The molecule has 0 spiro atoms. The smallest absolute Gasteiger partial charge is 0.161 e. The maximum atomic E-state index is 6.40. The third kappa shape index (κ3) is 3.50. The summed E-state index contributed by atoms with van der Waals surface area (Å²) in [4.78, 5) is 2.48. The van der Waals surface area contributed by atoms with Crippen LogP contribution in [0.2, 0.25) is 0 Å². The van der Waals surface area contributed by atoms with Gasteiger partial charge in [-0.25, -0.2) is 0 Å². The van der Waals surface area contributed by atoms with E-state index in [1.54, 1.807) is 0 Å². The molecular formula is C17H26N2O2. The first-order valence-corrected chi connectivity index (χ1v) is 8.13. The molecule has 1 unspecified atom stereocenters. The Balaban J connectivity index is 1.61. The normalized spacial score (nSPS) is 19.4. The minimum Gasteiger partial charge on any atom is -0.486 e. The van der Waals surface area contributed by atoms with E-state index in [-0.39, 0.29) is 6.04 Å². The van der Waals surface area contributed by atoms with E-state index < -0.39 is 0 Å². The summed E-state index contributed by atoms with van der Waals surface area (Å²) in [6.07, 6.45) is 4.17. The third-order valence-corrected chi connectivity index (χ3v) is 4.64. The van der Waals surface area contributed by atoms with Gasteiger partial charge >= 0.3 is 0 Å². The number of ether oxygens (including phenoxy) is 2. The Morgan fingerprint density at radius 2 is 2.00 bits per heavy atom. The first kappa shape index (κ1) is 14.7. The van der Waals surface area contributed by atoms with Gasteiger partial charge in [0, 0.05) is 19.1 Å². The molecule has 0 bridgehead atoms. The SMILES string of the molecule is CCN(CC1CCC1)CC(N)c1ccc2c(c1)OCCO2. The predicted molar refractivity (Wildman–Crippen MR) is 83.8 cm³/mol. The first-order chi connectivity index (χ1) is 10.3. The molecule has 1 aliphatic carbocycles. The van der Waals surface area contributed by atoms with Gasteiger partial charge < -0.3 is 20.1 Å². The zero-order valence-electron chi connectivity index (χ0n) is 12.9. The minimum absolute atomic E-state index is 0.0286. The summed E-state index contributed by atoms with van der Waals surface area (Å²) in [6.45, 7) is 6.63. The van der Waals surface area contributed by atoms with Crippen molar-refractivity contribution in [2.24, 2.45) is 11.7 Å². The van der Waals surface area contributed by atoms with E-state index in [0.717, 1.165) is 36.1 Å². The number of nitrogens with two attached hydrogens (primary N) is 1. The maximum absolute atomic E-state index is 6.40. The van der Waals surface area contributed by atoms with Crippen molar-refractivity contribution in [3.63, 3.8) is 0 Å². The molecule has 116 valence electrons. The van der Waals surface area contributed by atoms with E-state index in [4.69, 9.17) is 15.2 Å². The van der Waals surface area contributed by atoms with Crippen molar-refractivity contribution >= 4 is 0 Å². The molecular weight excluding hydrogens is 264 g/mol. The van der Waals surface area contributed by atoms with Crippen LogP contribution < -0.4 is 15.2 Å². The molecule has 0 aromatic heterocycles. The Kier molecular flexibility index (Phi) is 4.66. The van der Waals surface area contributed by atoms with Gasteiger partial charge in [0.25, 0.3) is 0 Å². The van der Waals surface area contributed by atoms with E-state index in [0.29, 0.717) is 13.2 Å². The molecule has 4 nitrogen and oxygen atoms in total. The molecule has 1 aliphatic heterocycles. The molecule has 4 heteroatoms. The summed E-state index contributed by atoms with van der Waals surface area (Å²) in [6, 6.07) is 6.11. The molecule has 1 fully saturated rings. The van der Waals surface area contributed by atoms with Crippen molar-refractivity contribution in [2.75, 3.05) is 32.8 Å². The van der Waals surface area contributed by atoms with Gasteiger partial charge in [0.15, 0.2) is 11.5 Å². The summed E-state index contributed by atoms with van der Waals surface area (Å²) < 4.78 is 11.2. The molecule has 1 aromatic carbocycles. The molecule has 21 heavy (non-hydrogen) atoms. The number of hydrogen-bond donors (Lipinski definition) is 1. The molecule has 2 aliphatic rings. The van der Waals surface area contributed by atoms with Crippen LogP contribution in [0.25, 0.3) is 0 Å². The zero-order chi connectivity index (χ0) is 14.7. The van der Waals surface area contributed by atoms with Gasteiger partial charge in [0.1, 0.15) is 13.2 Å². The van der Waals surface area contributed by atoms with Gasteiger partial charge in [-0.3, -0.25) is 0 Å². The van der Waals surface area contributed by atoms with Crippen LogP contribution in [-0.4, -0.2) is 37.7 Å². The number of likely N-dealkylation sites (N-methyl/N-ethyl adjacent to an activating group) is 1. The number of benzene rings is 1. The van der Waals surface area contributed by atoms with Crippen molar-refractivity contribution in [1.82, 2.24) is 4.90 Å². The van der Waals surface area contributed by atoms with Gasteiger partial charge in [-0.05, 0) is 43.0 Å². The van der Waals surface area contributed by atoms with Crippen LogP contribution in [0.1, 0.15) is 37.8 Å². The lowest BCUT2D eigenvalue weighted by atomic mass is 9.85. The van der Waals surface area contributed by atoms with Gasteiger partial charge in [-0.15, -0.1) is 0 Å². The predicted octanol–water partition coefficient (Wildman–Crippen LogP) is 2.58. The van der Waals surface area contributed by atoms with E-state index in [9.17, 15) is 0 Å². The summed E-state index contributed by atoms with van der Waals surface area (Å²) in [5.74, 6) is 2.55. The second kappa shape index (κ2) is 6.67. The Morgan fingerprint density at radius 1 is 1.24 bits per heavy atom. The molecule has 1 atom stereocenters. The second-order valence-corrected chi connectivity index (χ2v) is 6.16. The summed E-state index contributed by atoms with van der Waals surface area (Å²) in [5.41, 5.74) is 7.53. The van der Waals surface area contributed by atoms with Crippen LogP contribution >= 0.6 is 0 Å². The van der Waals surface area contributed by atoms with Gasteiger partial charge in [0.2, 0.25) is 0 Å². The van der Waals surface area contributed by atoms with Gasteiger partial charge in [-0.2, -0.15) is 0 Å². The van der Waals surface area contributed by atoms with Crippen LogP contribution in [0.3, 0.4) is 0 Å². The first-order valence-electron chi connectivity index (χ1n) is 8.13. The molecule has 0 amide bonds. The quantitative estimate of drug-likeness (QED) is 0.875. The van der Waals surface area contributed by atoms with Gasteiger partial charge in [-0.1, -0.05) is 19.4 Å². The zero-order valence-corrected chi connectivity index (χ0v) is 12.9. The molecule has 1 heterocycles. The molecule has 0 saturated heterocycles. The van der Waals surface area contributed by atoms with Crippen molar-refractivity contribution in [3.8, 4) is 11.5 Å². The van der Waals surface area contributed by atoms with Crippen molar-refractivity contribution in [1.29, 1.82) is 0 Å². The van der Waals surface area contributed by atoms with E-state index >= 15 is 0 Å². The van der Waals surface area contributed by atoms with Crippen LogP contribution in [0.5, 0.6) is 11.5 Å². The molecule has 2 N–H and O–H groups in total. The Labute approximate surface area is 127 Å². The minimum atomic E-state index is 0.0286. The highest BCUT2D eigenvalue weighted by atomic mass is 16.6. The highest BCUT2D eigenvalue weighted by Crippen LogP contribution is 2.32. The largest absolute Gasteiger partial charge is 0.486 e. The number of rotatable bonds is 6. The standard InChI is InChI=1S/C17H26N2O2/c1-2-19(11-13-4-3-5-13)12-15(18)14-6-7-16-17(10-14)21-9-8-20-16/h6-7,10,13,15H,2-5,8-9,11-12,18H2,1H3. The summed E-state index contributed by atoms with van der Waals surface area (Å²) >= 11 is 0. The fraction of sp³-hybridized carbons (Fsp3) is 0.647. The van der Waals surface area contributed by atoms with E-state index in [2.05, 4.69) is 17.9 Å². The average molecular weight is 290 g/mol. The van der Waals surface area contributed by atoms with Crippen molar-refractivity contribution in [2.45, 2.75) is 32.2 Å². The van der Waals surface area contributed by atoms with Crippen LogP contribution in [0.4, 0.5) is 0 Å². The lowest BCUT2D eigenvalue weighted by Gasteiger charge is -2.33. The van der Waals surface area contributed by atoms with Crippen LogP contribution in [0.15, 0.2) is 18.2 Å². The van der Waals surface area contributed by atoms with Gasteiger partial charge in [0.05, 0.1) is 0 Å². The number of hydrogen-bond acceptors (Lipinski definition) is 4. The van der Waals surface area contributed by atoms with Crippen LogP contribution in [0, 0.1) is 5.92 Å². The Bertz CT molecular complexity index is 474. The highest BCUT2D eigenvalue weighted by Gasteiger charge is 2.22. The monoisotopic (exact) mass is 290 g/mol. The summed E-state index contributed by atoms with van der Waals surface area (Å²) in [5, 5.41) is 0. The van der Waals surface area contributed by atoms with Crippen LogP contribution in [-0.2, 0) is 0 Å². The number of nitrogens with zero attached hydrogens (tertiary/aromatic N) is 1. The molecule has 1 aromatic rings. The molecule has 3 rings (SSSR count). The summed E-state index contributed by atoms with van der Waals surface area (Å²) in [7, 11) is 0. The second-order valence-electron chi connectivity index (χ2n) is 6.16. The maximum Gasteiger partial charge on any atom is 0.161 e. The van der Waals surface area contributed by atoms with E-state index in [1.165, 1.54) is 25.8 Å². The molecule has 1 saturated carbocycles. The Morgan fingerprint density at radius 3 is 2.67 bits per heavy atom. The highest BCUT2D eigenvalue weighted by molar-refractivity contribution is 5.44. The third-order valence-electron chi connectivity index (χ3n) is 4.64. The lowest BCUT2D eigenvalue weighted by Crippen LogP contribution is -2.37. The lowest BCUT2D eigenvalue weighted by molar-refractivity contribution is 0.169. The topological polar surface area (TPSA) is 47.7 Å². The average Bonchev–Trinajstić information content (AvgIpc) is 2.48. The fourth-order valence-electron chi connectivity index (χ4n) is 3.05. The van der Waals surface area contributed by atoms with Crippen molar-refractivity contribution in [3.05, 3.63) is 23.8 Å². The van der Waals surface area contributed by atoms with Crippen molar-refractivity contribution < 1.29 is 9.47 Å².